The van der Waals surface area contributed by atoms with Gasteiger partial charge in [0.25, 0.3) is 18.5 Å². The van der Waals surface area contributed by atoms with Crippen LogP contribution in [-0.4, -0.2) is 184 Å². The number of nitrogens with one attached hydrogen (secondary N) is 3. The molecule has 1 aliphatic heterocycles. The summed E-state index contributed by atoms with van der Waals surface area (Å²) < 4.78 is 12.6. The molecular formula is C82H139N15O9. The Balaban J connectivity index is 0.723. The summed E-state index contributed by atoms with van der Waals surface area (Å²) in [7, 11) is 0. The van der Waals surface area contributed by atoms with Crippen LogP contribution in [0.25, 0.3) is 0 Å². The fraction of sp³-hybridized carbons (Fsp3) is 0.866. The number of aliphatic imine (C=N–C) groups is 5. The molecule has 1 heterocycles. The highest BCUT2D eigenvalue weighted by atomic mass is 16.7. The first-order chi connectivity index (χ1) is 52.2. The summed E-state index contributed by atoms with van der Waals surface area (Å²) in [5.74, 6) is 0. The van der Waals surface area contributed by atoms with E-state index in [0.29, 0.717) is 70.2 Å². The third-order valence-electron chi connectivity index (χ3n) is 24.0. The minimum absolute atomic E-state index is 0.00526. The van der Waals surface area contributed by atoms with Crippen LogP contribution in [0, 0.1) is 0 Å². The Kier molecular flexibility index (Phi) is 37.1. The maximum absolute atomic E-state index is 14.6. The SMILES string of the molecule is O=C1N(CCCCCCNC(=O)N(/C(=N/C2CCCCC2)ON=C2CCCCC2)C2CCCCC2)/C(=N/CCCCCCNC(=O)N(/C(=N/C2CCCCC2)OCN=C2CCCCC2)C2CCCCC2)OC(O)N1CCCCCCNC(=O)N(/C(=N/C1CCCCC1)ON=C1CCCCC1)C1CCCCC1. The number of nitrogens with zero attached hydrogens (tertiary/aromatic N) is 12. The minimum Gasteiger partial charge on any atom is -0.442 e. The van der Waals surface area contributed by atoms with Gasteiger partial charge < -0.3 is 40.2 Å². The zero-order chi connectivity index (χ0) is 73.4. The lowest BCUT2D eigenvalue weighted by Gasteiger charge is -2.39. The summed E-state index contributed by atoms with van der Waals surface area (Å²) in [6.45, 7) is 2.75. The van der Waals surface area contributed by atoms with E-state index < -0.39 is 6.41 Å². The van der Waals surface area contributed by atoms with E-state index in [-0.39, 0.29) is 73.1 Å². The van der Waals surface area contributed by atoms with Gasteiger partial charge in [-0.2, -0.15) is 0 Å². The van der Waals surface area contributed by atoms with Crippen molar-refractivity contribution in [2.24, 2.45) is 35.3 Å². The number of amides is 8. The normalized spacial score (nSPS) is 22.7. The van der Waals surface area contributed by atoms with Crippen molar-refractivity contribution in [2.45, 2.75) is 409 Å². The number of rotatable bonds is 31. The second-order valence-electron chi connectivity index (χ2n) is 32.4. The lowest BCUT2D eigenvalue weighted by Crippen LogP contribution is -2.58. The molecule has 4 N–H and O–H groups in total. The third-order valence-corrected chi connectivity index (χ3v) is 24.0. The molecule has 0 radical (unpaired) electrons. The summed E-state index contributed by atoms with van der Waals surface area (Å²) in [5, 5.41) is 30.6. The van der Waals surface area contributed by atoms with Gasteiger partial charge in [0.1, 0.15) is 0 Å². The summed E-state index contributed by atoms with van der Waals surface area (Å²) in [5.41, 5.74) is 3.32. The molecule has 1 atom stereocenters. The topological polar surface area (TPSA) is 264 Å². The first kappa shape index (κ1) is 82.4. The van der Waals surface area contributed by atoms with E-state index in [1.165, 1.54) is 68.4 Å². The Bertz CT molecular complexity index is 2810. The summed E-state index contributed by atoms with van der Waals surface area (Å²) in [6, 6.07) is 0.912. The Hall–Kier alpha value is -6.07. The van der Waals surface area contributed by atoms with Gasteiger partial charge in [-0.1, -0.05) is 184 Å². The van der Waals surface area contributed by atoms with Crippen molar-refractivity contribution < 1.29 is 43.4 Å². The van der Waals surface area contributed by atoms with Gasteiger partial charge in [-0.05, 0) is 193 Å². The van der Waals surface area contributed by atoms with Gasteiger partial charge in [-0.15, -0.1) is 0 Å². The van der Waals surface area contributed by atoms with Crippen LogP contribution in [0.1, 0.15) is 366 Å². The molecule has 1 unspecified atom stereocenters. The molecule has 1 saturated heterocycles. The summed E-state index contributed by atoms with van der Waals surface area (Å²) in [4.78, 5) is 104. The van der Waals surface area contributed by atoms with Gasteiger partial charge in [-0.25, -0.2) is 58.7 Å². The number of carbonyl (C=O) groups excluding carboxylic acids is 4. The first-order valence-corrected chi connectivity index (χ1v) is 43.8. The monoisotopic (exact) mass is 1480 g/mol. The van der Waals surface area contributed by atoms with Crippen molar-refractivity contribution >= 4 is 65.3 Å². The molecule has 106 heavy (non-hydrogen) atoms. The van der Waals surface area contributed by atoms with E-state index in [1.807, 2.05) is 9.80 Å². The van der Waals surface area contributed by atoms with Crippen molar-refractivity contribution in [1.29, 1.82) is 0 Å². The maximum atomic E-state index is 14.6. The maximum Gasteiger partial charge on any atom is 0.332 e. The van der Waals surface area contributed by atoms with Crippen LogP contribution < -0.4 is 16.0 Å². The number of aliphatic hydroxyl groups is 1. The number of aliphatic hydroxyl groups excluding tert-OH is 1. The number of carbonyl (C=O) groups is 4. The average Bonchev–Trinajstić information content (AvgIpc) is 0.820. The molecule has 0 aromatic rings. The molecule has 9 aliphatic carbocycles. The molecule has 0 aromatic heterocycles. The minimum atomic E-state index is -1.49. The highest BCUT2D eigenvalue weighted by Gasteiger charge is 2.39. The van der Waals surface area contributed by atoms with Crippen LogP contribution in [0.4, 0.5) is 19.2 Å². The Labute approximate surface area is 636 Å². The van der Waals surface area contributed by atoms with Crippen molar-refractivity contribution in [1.82, 2.24) is 40.4 Å². The Morgan fingerprint density at radius 3 is 1.15 bits per heavy atom. The standard InChI is InChI=1S/C82H139N15O9/c98-74(95(71-52-28-13-29-53-71)78(88-66-42-18-8-19-43-66)103-64-87-65-40-16-7-17-41-65)83-58-34-1-2-37-61-86-77-93(62-38-5-3-35-59-84-75(99)96(72-54-30-14-31-55-72)79(89-67-44-20-9-21-45-67)105-91-69-48-24-11-25-49-69)81(101)94(82(102)104-77)63-39-6-4-36-60-85-76(100)97(73-56-32-15-33-57-73)80(90-68-46-22-10-23-47-68)106-92-70-50-26-12-27-51-70/h66-68,71-73,82,102H,1-64H2,(H,83,98)(H,84,99)(H,85,100)/b86-77-,88-78-,89-79-,90-80-. The quantitative estimate of drug-likeness (QED) is 0.0222. The molecule has 596 valence electrons. The van der Waals surface area contributed by atoms with Gasteiger partial charge in [0, 0.05) is 63.1 Å². The fourth-order valence-corrected chi connectivity index (χ4v) is 17.6. The van der Waals surface area contributed by atoms with Gasteiger partial charge in [-0.3, -0.25) is 9.89 Å². The van der Waals surface area contributed by atoms with E-state index in [2.05, 4.69) is 26.3 Å². The molecule has 8 amide bonds. The molecule has 10 rings (SSSR count). The Morgan fingerprint density at radius 2 is 0.736 bits per heavy atom. The molecule has 0 spiro atoms. The van der Waals surface area contributed by atoms with Gasteiger partial charge in [0.05, 0.1) is 29.5 Å². The number of oxime groups is 2. The van der Waals surface area contributed by atoms with Crippen molar-refractivity contribution in [3.63, 3.8) is 0 Å². The number of amidine groups is 4. The van der Waals surface area contributed by atoms with Crippen LogP contribution in [0.2, 0.25) is 0 Å². The smallest absolute Gasteiger partial charge is 0.332 e. The number of ether oxygens (including phenoxy) is 2. The number of unbranched alkanes of at least 4 members (excludes halogenated alkanes) is 9. The van der Waals surface area contributed by atoms with E-state index in [1.54, 1.807) is 9.80 Å². The van der Waals surface area contributed by atoms with E-state index >= 15 is 0 Å². The average molecular weight is 1480 g/mol. The molecule has 0 bridgehead atoms. The van der Waals surface area contributed by atoms with Crippen molar-refractivity contribution in [3.05, 3.63) is 0 Å². The second-order valence-corrected chi connectivity index (χ2v) is 32.4. The Morgan fingerprint density at radius 1 is 0.396 bits per heavy atom. The molecule has 9 saturated carbocycles. The molecule has 0 aromatic carbocycles. The number of hydrogen-bond donors (Lipinski definition) is 4. The fourth-order valence-electron chi connectivity index (χ4n) is 17.6. The van der Waals surface area contributed by atoms with Crippen LogP contribution in [0.5, 0.6) is 0 Å². The second kappa shape index (κ2) is 47.8. The largest absolute Gasteiger partial charge is 0.442 e. The van der Waals surface area contributed by atoms with Crippen molar-refractivity contribution in [2.75, 3.05) is 46.0 Å². The molecule has 10 fully saturated rings. The van der Waals surface area contributed by atoms with Crippen molar-refractivity contribution in [3.8, 4) is 0 Å². The first-order valence-electron chi connectivity index (χ1n) is 43.8. The third kappa shape index (κ3) is 28.1. The molecular weight excluding hydrogens is 1340 g/mol. The van der Waals surface area contributed by atoms with Crippen LogP contribution in [-0.2, 0) is 19.1 Å². The summed E-state index contributed by atoms with van der Waals surface area (Å²) in [6.07, 6.45) is 55.9. The number of urea groups is 4. The lowest BCUT2D eigenvalue weighted by atomic mass is 9.94. The number of hydrogen-bond acceptors (Lipinski definition) is 16. The zero-order valence-electron chi connectivity index (χ0n) is 65.4. The van der Waals surface area contributed by atoms with Crippen LogP contribution in [0.15, 0.2) is 35.3 Å². The van der Waals surface area contributed by atoms with E-state index in [4.69, 9.17) is 44.1 Å². The van der Waals surface area contributed by atoms with Gasteiger partial charge in [0.15, 0.2) is 6.73 Å². The summed E-state index contributed by atoms with van der Waals surface area (Å²) >= 11 is 0. The highest BCUT2D eigenvalue weighted by molar-refractivity contribution is 5.97. The molecule has 24 nitrogen and oxygen atoms in total. The molecule has 24 heteroatoms. The van der Waals surface area contributed by atoms with Gasteiger partial charge in [0.2, 0.25) is 0 Å². The predicted octanol–water partition coefficient (Wildman–Crippen LogP) is 18.2. The molecule has 10 aliphatic rings. The van der Waals surface area contributed by atoms with Crippen LogP contribution >= 0.6 is 0 Å². The van der Waals surface area contributed by atoms with E-state index in [9.17, 15) is 24.3 Å². The zero-order valence-corrected chi connectivity index (χ0v) is 65.4. The highest BCUT2D eigenvalue weighted by Crippen LogP contribution is 2.32. The predicted molar refractivity (Wildman–Crippen MR) is 423 cm³/mol. The van der Waals surface area contributed by atoms with E-state index in [0.717, 1.165) is 307 Å². The van der Waals surface area contributed by atoms with Crippen LogP contribution in [0.3, 0.4) is 0 Å². The van der Waals surface area contributed by atoms with Gasteiger partial charge >= 0.3 is 36.2 Å². The lowest BCUT2D eigenvalue weighted by molar-refractivity contribution is -0.146.